The number of nitrogens with one attached hydrogen (secondary N) is 1. The number of carbonyl (C=O) groups excluding carboxylic acids is 1. The molecule has 0 aliphatic rings. The van der Waals surface area contributed by atoms with Gasteiger partial charge in [0.05, 0.1) is 4.88 Å². The Labute approximate surface area is 182 Å². The highest BCUT2D eigenvalue weighted by Crippen LogP contribution is 2.32. The highest BCUT2D eigenvalue weighted by atomic mass is 32.1. The summed E-state index contributed by atoms with van der Waals surface area (Å²) >= 11 is 1.57. The Balaban J connectivity index is 1.52. The summed E-state index contributed by atoms with van der Waals surface area (Å²) in [4.78, 5) is 18.3. The zero-order valence-electron chi connectivity index (χ0n) is 16.4. The number of carbonyl (C=O) groups is 1. The fourth-order valence-corrected chi connectivity index (χ4v) is 4.05. The number of amides is 1. The van der Waals surface area contributed by atoms with Gasteiger partial charge in [-0.15, -0.1) is 11.3 Å². The first-order chi connectivity index (χ1) is 15.0. The molecule has 0 atom stereocenters. The van der Waals surface area contributed by atoms with E-state index >= 15 is 0 Å². The Hall–Kier alpha value is -3.82. The molecule has 0 saturated heterocycles. The molecule has 0 unspecified atom stereocenters. The van der Waals surface area contributed by atoms with E-state index in [1.807, 2.05) is 37.3 Å². The molecule has 4 rings (SSSR count). The molecular formula is C25H16F2N2OS. The number of hydrogen-bond acceptors (Lipinski definition) is 3. The van der Waals surface area contributed by atoms with Gasteiger partial charge in [0.25, 0.3) is 5.91 Å². The predicted molar refractivity (Wildman–Crippen MR) is 119 cm³/mol. The summed E-state index contributed by atoms with van der Waals surface area (Å²) in [6.45, 7) is 2.01. The molecule has 6 heteroatoms. The monoisotopic (exact) mass is 430 g/mol. The lowest BCUT2D eigenvalue weighted by atomic mass is 10.1. The van der Waals surface area contributed by atoms with E-state index in [-0.39, 0.29) is 0 Å². The van der Waals surface area contributed by atoms with Crippen molar-refractivity contribution in [2.45, 2.75) is 6.92 Å². The summed E-state index contributed by atoms with van der Waals surface area (Å²) in [6.07, 6.45) is 3.42. The smallest absolute Gasteiger partial charge is 0.261 e. The number of hydrogen-bond donors (Lipinski definition) is 1. The molecule has 31 heavy (non-hydrogen) atoms. The van der Waals surface area contributed by atoms with Gasteiger partial charge < -0.3 is 5.32 Å². The topological polar surface area (TPSA) is 42.0 Å². The van der Waals surface area contributed by atoms with Crippen LogP contribution in [0, 0.1) is 30.4 Å². The molecule has 0 spiro atoms. The first-order valence-electron chi connectivity index (χ1n) is 9.39. The molecule has 1 N–H and O–H groups in total. The minimum absolute atomic E-state index is 0.446. The summed E-state index contributed by atoms with van der Waals surface area (Å²) in [5.74, 6) is 3.63. The van der Waals surface area contributed by atoms with Gasteiger partial charge in [0.2, 0.25) is 0 Å². The van der Waals surface area contributed by atoms with E-state index in [2.05, 4.69) is 22.1 Å². The highest BCUT2D eigenvalue weighted by Gasteiger charge is 2.17. The number of pyridine rings is 1. The molecule has 152 valence electrons. The zero-order chi connectivity index (χ0) is 21.8. The van der Waals surface area contributed by atoms with Gasteiger partial charge in [-0.05, 0) is 60.5 Å². The van der Waals surface area contributed by atoms with Crippen LogP contribution in [0.1, 0.15) is 26.4 Å². The average Bonchev–Trinajstić information content (AvgIpc) is 3.14. The van der Waals surface area contributed by atoms with Crippen LogP contribution in [0.3, 0.4) is 0 Å². The van der Waals surface area contributed by atoms with Gasteiger partial charge in [-0.3, -0.25) is 9.78 Å². The van der Waals surface area contributed by atoms with Crippen LogP contribution in [0.15, 0.2) is 73.1 Å². The molecule has 0 fully saturated rings. The SMILES string of the molecule is Cc1cc(C#Cc2cccnc2)sc1-c1ccc(NC(=O)c2c(F)cccc2F)cc1. The molecule has 4 aromatic rings. The normalized spacial score (nSPS) is 10.3. The van der Waals surface area contributed by atoms with Crippen LogP contribution in [0.4, 0.5) is 14.5 Å². The Bertz CT molecular complexity index is 1280. The first kappa shape index (κ1) is 20.5. The quantitative estimate of drug-likeness (QED) is 0.402. The van der Waals surface area contributed by atoms with Gasteiger partial charge in [0, 0.05) is 28.5 Å². The summed E-state index contributed by atoms with van der Waals surface area (Å²) in [7, 11) is 0. The van der Waals surface area contributed by atoms with Crippen LogP contribution in [-0.4, -0.2) is 10.9 Å². The second-order valence-corrected chi connectivity index (χ2v) is 7.79. The van der Waals surface area contributed by atoms with E-state index in [1.165, 1.54) is 6.07 Å². The van der Waals surface area contributed by atoms with Crippen LogP contribution in [0.2, 0.25) is 0 Å². The third-order valence-electron chi connectivity index (χ3n) is 4.50. The molecule has 0 aliphatic carbocycles. The average molecular weight is 430 g/mol. The maximum atomic E-state index is 13.8. The van der Waals surface area contributed by atoms with Crippen LogP contribution in [0.5, 0.6) is 0 Å². The van der Waals surface area contributed by atoms with E-state index in [0.717, 1.165) is 38.6 Å². The Kier molecular flexibility index (Phi) is 5.87. The van der Waals surface area contributed by atoms with E-state index < -0.39 is 23.1 Å². The van der Waals surface area contributed by atoms with Crippen LogP contribution >= 0.6 is 11.3 Å². The van der Waals surface area contributed by atoms with Crippen LogP contribution in [0.25, 0.3) is 10.4 Å². The van der Waals surface area contributed by atoms with Gasteiger partial charge >= 0.3 is 0 Å². The Morgan fingerprint density at radius 2 is 1.74 bits per heavy atom. The van der Waals surface area contributed by atoms with E-state index in [0.29, 0.717) is 5.69 Å². The van der Waals surface area contributed by atoms with Crippen molar-refractivity contribution < 1.29 is 13.6 Å². The fourth-order valence-electron chi connectivity index (χ4n) is 3.01. The van der Waals surface area contributed by atoms with E-state index in [1.54, 1.807) is 35.9 Å². The van der Waals surface area contributed by atoms with Crippen molar-refractivity contribution in [2.75, 3.05) is 5.32 Å². The lowest BCUT2D eigenvalue weighted by molar-refractivity contribution is 0.101. The minimum atomic E-state index is -0.900. The molecule has 1 amide bonds. The van der Waals surface area contributed by atoms with Gasteiger partial charge in [-0.1, -0.05) is 30.0 Å². The largest absolute Gasteiger partial charge is 0.322 e. The predicted octanol–water partition coefficient (Wildman–Crippen LogP) is 6.05. The molecule has 0 bridgehead atoms. The second kappa shape index (κ2) is 8.90. The Morgan fingerprint density at radius 1 is 1.00 bits per heavy atom. The van der Waals surface area contributed by atoms with Crippen molar-refractivity contribution in [1.29, 1.82) is 0 Å². The minimum Gasteiger partial charge on any atom is -0.322 e. The number of nitrogens with zero attached hydrogens (tertiary/aromatic N) is 1. The van der Waals surface area contributed by atoms with Crippen LogP contribution < -0.4 is 5.32 Å². The van der Waals surface area contributed by atoms with Crippen molar-refractivity contribution in [2.24, 2.45) is 0 Å². The molecule has 0 radical (unpaired) electrons. The number of aryl methyl sites for hydroxylation is 1. The van der Waals surface area contributed by atoms with Gasteiger partial charge in [-0.2, -0.15) is 0 Å². The first-order valence-corrected chi connectivity index (χ1v) is 10.2. The van der Waals surface area contributed by atoms with Gasteiger partial charge in [0.15, 0.2) is 0 Å². The molecular weight excluding hydrogens is 414 g/mol. The van der Waals surface area contributed by atoms with E-state index in [9.17, 15) is 13.6 Å². The zero-order valence-corrected chi connectivity index (χ0v) is 17.3. The number of halogens is 2. The maximum Gasteiger partial charge on any atom is 0.261 e. The molecule has 2 aromatic heterocycles. The van der Waals surface area contributed by atoms with Crippen molar-refractivity contribution >= 4 is 22.9 Å². The molecule has 2 heterocycles. The second-order valence-electron chi connectivity index (χ2n) is 6.74. The standard InChI is InChI=1S/C25H16F2N2OS/c1-16-14-20(12-7-17-4-3-13-28-15-17)31-24(16)18-8-10-19(11-9-18)29-25(30)23-21(26)5-2-6-22(23)27/h2-6,8-11,13-15H,1H3,(H,29,30). The van der Waals surface area contributed by atoms with Gasteiger partial charge in [-0.25, -0.2) is 8.78 Å². The summed E-state index contributed by atoms with van der Waals surface area (Å²) in [5, 5.41) is 2.53. The van der Waals surface area contributed by atoms with E-state index in [4.69, 9.17) is 0 Å². The molecule has 3 nitrogen and oxygen atoms in total. The fraction of sp³-hybridized carbons (Fsp3) is 0.0400. The van der Waals surface area contributed by atoms with Gasteiger partial charge in [0.1, 0.15) is 17.2 Å². The van der Waals surface area contributed by atoms with Crippen molar-refractivity contribution in [3.05, 3.63) is 106 Å². The number of rotatable bonds is 3. The summed E-state index contributed by atoms with van der Waals surface area (Å²) < 4.78 is 27.6. The number of aromatic nitrogens is 1. The molecule has 0 aliphatic heterocycles. The number of anilines is 1. The third kappa shape index (κ3) is 4.68. The molecule has 2 aromatic carbocycles. The number of thiophene rings is 1. The maximum absolute atomic E-state index is 13.8. The number of benzene rings is 2. The summed E-state index contributed by atoms with van der Waals surface area (Å²) in [5.41, 5.74) is 2.75. The van der Waals surface area contributed by atoms with Crippen molar-refractivity contribution in [3.8, 4) is 22.3 Å². The third-order valence-corrected chi connectivity index (χ3v) is 5.71. The van der Waals surface area contributed by atoms with Crippen LogP contribution in [-0.2, 0) is 0 Å². The lowest BCUT2D eigenvalue weighted by Crippen LogP contribution is -2.15. The lowest BCUT2D eigenvalue weighted by Gasteiger charge is -2.08. The molecule has 0 saturated carbocycles. The Morgan fingerprint density at radius 3 is 2.42 bits per heavy atom. The van der Waals surface area contributed by atoms with Crippen molar-refractivity contribution in [3.63, 3.8) is 0 Å². The highest BCUT2D eigenvalue weighted by molar-refractivity contribution is 7.16. The van der Waals surface area contributed by atoms with Crippen molar-refractivity contribution in [1.82, 2.24) is 4.98 Å². The summed E-state index contributed by atoms with van der Waals surface area (Å²) in [6, 6.07) is 16.2.